The number of fused-ring (bicyclic) bond motifs is 1. The smallest absolute Gasteiger partial charge is 0.0796 e. The van der Waals surface area contributed by atoms with E-state index in [9.17, 15) is 0 Å². The van der Waals surface area contributed by atoms with Gasteiger partial charge in [-0.05, 0) is 38.3 Å². The number of nitrogens with one attached hydrogen (secondary N) is 1. The molecule has 1 saturated heterocycles. The second kappa shape index (κ2) is 7.38. The summed E-state index contributed by atoms with van der Waals surface area (Å²) >= 11 is 0. The van der Waals surface area contributed by atoms with Crippen molar-refractivity contribution in [1.29, 1.82) is 0 Å². The summed E-state index contributed by atoms with van der Waals surface area (Å²) in [7, 11) is 2.17. The number of aromatic nitrogens is 2. The number of rotatable bonds is 4. The third kappa shape index (κ3) is 4.05. The minimum Gasteiger partial charge on any atom is -0.379 e. The van der Waals surface area contributed by atoms with Crippen LogP contribution in [-0.2, 0) is 28.9 Å². The van der Waals surface area contributed by atoms with Gasteiger partial charge in [0.1, 0.15) is 0 Å². The molecule has 2 aliphatic rings. The zero-order valence-corrected chi connectivity index (χ0v) is 13.1. The van der Waals surface area contributed by atoms with Crippen molar-refractivity contribution < 1.29 is 9.47 Å². The first-order chi connectivity index (χ1) is 10.3. The third-order valence-electron chi connectivity index (χ3n) is 4.46. The molecular weight excluding hydrogens is 266 g/mol. The summed E-state index contributed by atoms with van der Waals surface area (Å²) in [5, 5.41) is 7.82. The molecule has 3 rings (SSSR count). The van der Waals surface area contributed by atoms with E-state index in [4.69, 9.17) is 9.47 Å². The molecule has 0 amide bonds. The summed E-state index contributed by atoms with van der Waals surface area (Å²) in [6.45, 7) is 5.00. The van der Waals surface area contributed by atoms with Crippen LogP contribution >= 0.6 is 0 Å². The van der Waals surface area contributed by atoms with Crippen LogP contribution in [0, 0.1) is 5.92 Å². The lowest BCUT2D eigenvalue weighted by Gasteiger charge is -2.22. The van der Waals surface area contributed by atoms with E-state index in [-0.39, 0.29) is 0 Å². The molecule has 5 nitrogen and oxygen atoms in total. The highest BCUT2D eigenvalue weighted by Gasteiger charge is 2.19. The van der Waals surface area contributed by atoms with Gasteiger partial charge in [-0.1, -0.05) is 6.42 Å². The summed E-state index contributed by atoms with van der Waals surface area (Å²) in [6.07, 6.45) is 6.28. The van der Waals surface area contributed by atoms with Crippen LogP contribution < -0.4 is 0 Å². The van der Waals surface area contributed by atoms with Gasteiger partial charge >= 0.3 is 0 Å². The molecule has 0 spiro atoms. The highest BCUT2D eigenvalue weighted by atomic mass is 16.5. The van der Waals surface area contributed by atoms with Crippen LogP contribution in [0.4, 0.5) is 0 Å². The average molecular weight is 293 g/mol. The lowest BCUT2D eigenvalue weighted by molar-refractivity contribution is 0.103. The number of aryl methyl sites for hydroxylation is 1. The Morgan fingerprint density at radius 3 is 2.71 bits per heavy atom. The molecular formula is C16H27N3O2. The molecule has 0 saturated carbocycles. The van der Waals surface area contributed by atoms with Crippen molar-refractivity contribution >= 4 is 0 Å². The van der Waals surface area contributed by atoms with E-state index in [1.54, 1.807) is 0 Å². The number of ether oxygens (including phenoxy) is 2. The van der Waals surface area contributed by atoms with Gasteiger partial charge in [-0.2, -0.15) is 5.10 Å². The van der Waals surface area contributed by atoms with Crippen LogP contribution in [0.3, 0.4) is 0 Å². The molecule has 1 aromatic heterocycles. The molecule has 1 aliphatic carbocycles. The number of H-pyrrole nitrogens is 1. The number of hydrogen-bond acceptors (Lipinski definition) is 4. The Morgan fingerprint density at radius 2 is 1.90 bits per heavy atom. The van der Waals surface area contributed by atoms with Crippen molar-refractivity contribution in [2.45, 2.75) is 38.6 Å². The van der Waals surface area contributed by atoms with E-state index >= 15 is 0 Å². The van der Waals surface area contributed by atoms with Gasteiger partial charge < -0.3 is 14.4 Å². The molecule has 1 aromatic rings. The fraction of sp³-hybridized carbons (Fsp3) is 0.812. The first-order valence-corrected chi connectivity index (χ1v) is 8.22. The van der Waals surface area contributed by atoms with Crippen LogP contribution in [0.5, 0.6) is 0 Å². The van der Waals surface area contributed by atoms with Gasteiger partial charge in [-0.15, -0.1) is 0 Å². The Morgan fingerprint density at radius 1 is 1.14 bits per heavy atom. The topological polar surface area (TPSA) is 50.4 Å². The van der Waals surface area contributed by atoms with Crippen LogP contribution in [0.2, 0.25) is 0 Å². The third-order valence-corrected chi connectivity index (χ3v) is 4.46. The van der Waals surface area contributed by atoms with Crippen LogP contribution in [-0.4, -0.2) is 55.1 Å². The van der Waals surface area contributed by atoms with Crippen LogP contribution in [0.15, 0.2) is 0 Å². The van der Waals surface area contributed by atoms with Crippen LogP contribution in [0.25, 0.3) is 0 Å². The van der Waals surface area contributed by atoms with Crippen molar-refractivity contribution in [3.05, 3.63) is 17.0 Å². The molecule has 2 heterocycles. The predicted octanol–water partition coefficient (Wildman–Crippen LogP) is 1.77. The Labute approximate surface area is 127 Å². The highest BCUT2D eigenvalue weighted by Crippen LogP contribution is 2.22. The fourth-order valence-corrected chi connectivity index (χ4v) is 3.39. The first-order valence-electron chi connectivity index (χ1n) is 8.22. The lowest BCUT2D eigenvalue weighted by Crippen LogP contribution is -2.30. The Kier molecular flexibility index (Phi) is 5.27. The zero-order chi connectivity index (χ0) is 14.5. The summed E-state index contributed by atoms with van der Waals surface area (Å²) in [6, 6.07) is 0. The maximum atomic E-state index is 5.58. The van der Waals surface area contributed by atoms with Crippen molar-refractivity contribution in [3.63, 3.8) is 0 Å². The molecule has 0 atom stereocenters. The minimum absolute atomic E-state index is 0.468. The molecule has 0 aromatic carbocycles. The normalized spacial score (nSPS) is 21.0. The van der Waals surface area contributed by atoms with E-state index in [2.05, 4.69) is 22.1 Å². The number of aromatic amines is 1. The highest BCUT2D eigenvalue weighted by molar-refractivity contribution is 5.26. The molecule has 0 radical (unpaired) electrons. The Hall–Kier alpha value is -0.910. The van der Waals surface area contributed by atoms with E-state index < -0.39 is 0 Å². The fourth-order valence-electron chi connectivity index (χ4n) is 3.39. The lowest BCUT2D eigenvalue weighted by atomic mass is 10.1. The van der Waals surface area contributed by atoms with Gasteiger partial charge in [0.2, 0.25) is 0 Å². The van der Waals surface area contributed by atoms with E-state index in [0.29, 0.717) is 5.92 Å². The summed E-state index contributed by atoms with van der Waals surface area (Å²) in [5.41, 5.74) is 4.09. The molecule has 21 heavy (non-hydrogen) atoms. The van der Waals surface area contributed by atoms with E-state index in [1.165, 1.54) is 42.6 Å². The Bertz CT molecular complexity index is 439. The quantitative estimate of drug-likeness (QED) is 0.860. The molecule has 1 N–H and O–H groups in total. The van der Waals surface area contributed by atoms with Crippen molar-refractivity contribution in [2.24, 2.45) is 5.92 Å². The molecule has 5 heteroatoms. The molecule has 118 valence electrons. The zero-order valence-electron chi connectivity index (χ0n) is 13.1. The number of nitrogens with zero attached hydrogens (tertiary/aromatic N) is 2. The second-order valence-corrected chi connectivity index (χ2v) is 6.40. The predicted molar refractivity (Wildman–Crippen MR) is 81.3 cm³/mol. The monoisotopic (exact) mass is 293 g/mol. The maximum Gasteiger partial charge on any atom is 0.0796 e. The van der Waals surface area contributed by atoms with Gasteiger partial charge in [-0.25, -0.2) is 0 Å². The van der Waals surface area contributed by atoms with Gasteiger partial charge in [0.15, 0.2) is 0 Å². The van der Waals surface area contributed by atoms with E-state index in [1.807, 2.05) is 0 Å². The maximum absolute atomic E-state index is 5.58. The first kappa shape index (κ1) is 15.0. The summed E-state index contributed by atoms with van der Waals surface area (Å²) in [5.74, 6) is 0.468. The van der Waals surface area contributed by atoms with Gasteiger partial charge in [0, 0.05) is 24.7 Å². The van der Waals surface area contributed by atoms with Gasteiger partial charge in [0.25, 0.3) is 0 Å². The average Bonchev–Trinajstić information content (AvgIpc) is 2.69. The molecule has 0 unspecified atom stereocenters. The number of hydrogen-bond donors (Lipinski definition) is 1. The Balaban J connectivity index is 1.57. The SMILES string of the molecule is CN(Cc1n[nH]c2c1CCCCC2)CC1COCCOC1. The summed E-state index contributed by atoms with van der Waals surface area (Å²) in [4.78, 5) is 2.35. The summed E-state index contributed by atoms with van der Waals surface area (Å²) < 4.78 is 11.2. The van der Waals surface area contributed by atoms with Gasteiger partial charge in [-0.3, -0.25) is 5.10 Å². The molecule has 0 bridgehead atoms. The van der Waals surface area contributed by atoms with Crippen molar-refractivity contribution in [2.75, 3.05) is 40.0 Å². The van der Waals surface area contributed by atoms with Crippen LogP contribution in [0.1, 0.15) is 36.2 Å². The largest absolute Gasteiger partial charge is 0.379 e. The molecule has 1 aliphatic heterocycles. The second-order valence-electron chi connectivity index (χ2n) is 6.40. The minimum atomic E-state index is 0.468. The van der Waals surface area contributed by atoms with E-state index in [0.717, 1.165) is 45.9 Å². The van der Waals surface area contributed by atoms with Crippen molar-refractivity contribution in [3.8, 4) is 0 Å². The molecule has 1 fully saturated rings. The van der Waals surface area contributed by atoms with Gasteiger partial charge in [0.05, 0.1) is 32.1 Å². The van der Waals surface area contributed by atoms with Crippen molar-refractivity contribution in [1.82, 2.24) is 15.1 Å². The standard InChI is InChI=1S/C16H27N3O2/c1-19(9-13-11-20-7-8-21-12-13)10-16-14-5-3-2-4-6-15(14)17-18-16/h13H,2-12H2,1H3,(H,17,18).